The monoisotopic (exact) mass is 295 g/mol. The van der Waals surface area contributed by atoms with Crippen LogP contribution in [0.25, 0.3) is 0 Å². The van der Waals surface area contributed by atoms with Gasteiger partial charge in [0.25, 0.3) is 0 Å². The average Bonchev–Trinajstić information content (AvgIpc) is 2.58. The predicted octanol–water partition coefficient (Wildman–Crippen LogP) is 4.51. The summed E-state index contributed by atoms with van der Waals surface area (Å²) in [4.78, 5) is 0. The molecule has 21 heavy (non-hydrogen) atoms. The lowest BCUT2D eigenvalue weighted by Gasteiger charge is -2.41. The minimum atomic E-state index is 0.106. The van der Waals surface area contributed by atoms with Crippen LogP contribution in [-0.4, -0.2) is 24.3 Å². The lowest BCUT2D eigenvalue weighted by atomic mass is 9.70. The van der Waals surface area contributed by atoms with Crippen LogP contribution in [0.4, 0.5) is 0 Å². The molecule has 2 N–H and O–H groups in total. The summed E-state index contributed by atoms with van der Waals surface area (Å²) in [5.41, 5.74) is 0.106. The van der Waals surface area contributed by atoms with Crippen molar-refractivity contribution in [3.05, 3.63) is 0 Å². The van der Waals surface area contributed by atoms with Crippen molar-refractivity contribution in [1.29, 1.82) is 0 Å². The van der Waals surface area contributed by atoms with Gasteiger partial charge in [-0.05, 0) is 37.5 Å². The molecular weight excluding hydrogens is 258 g/mol. The molecule has 2 aliphatic carbocycles. The van der Waals surface area contributed by atoms with Crippen LogP contribution < -0.4 is 5.32 Å². The highest BCUT2D eigenvalue weighted by atomic mass is 16.3. The number of aliphatic hydroxyl groups is 1. The van der Waals surface area contributed by atoms with Crippen molar-refractivity contribution in [1.82, 2.24) is 5.32 Å². The Kier molecular flexibility index (Phi) is 7.01. The van der Waals surface area contributed by atoms with E-state index < -0.39 is 0 Å². The number of rotatable bonds is 7. The Labute approximate surface area is 132 Å². The molecule has 0 aromatic carbocycles. The van der Waals surface area contributed by atoms with E-state index in [1.165, 1.54) is 57.8 Å². The molecule has 0 aromatic heterocycles. The van der Waals surface area contributed by atoms with Gasteiger partial charge >= 0.3 is 0 Å². The van der Waals surface area contributed by atoms with Gasteiger partial charge in [0.05, 0.1) is 0 Å². The van der Waals surface area contributed by atoms with E-state index in [9.17, 15) is 5.11 Å². The summed E-state index contributed by atoms with van der Waals surface area (Å²) in [5.74, 6) is 1.88. The van der Waals surface area contributed by atoms with Crippen molar-refractivity contribution < 1.29 is 5.11 Å². The van der Waals surface area contributed by atoms with Gasteiger partial charge in [0.15, 0.2) is 0 Å². The topological polar surface area (TPSA) is 32.3 Å². The van der Waals surface area contributed by atoms with Crippen molar-refractivity contribution in [3.8, 4) is 0 Å². The smallest absolute Gasteiger partial charge is 0.0499 e. The first kappa shape index (κ1) is 17.3. The van der Waals surface area contributed by atoms with Crippen LogP contribution in [-0.2, 0) is 0 Å². The summed E-state index contributed by atoms with van der Waals surface area (Å²) >= 11 is 0. The van der Waals surface area contributed by atoms with Crippen molar-refractivity contribution in [2.45, 2.75) is 90.5 Å². The van der Waals surface area contributed by atoms with Crippen molar-refractivity contribution >= 4 is 0 Å². The van der Waals surface area contributed by atoms with E-state index in [0.29, 0.717) is 12.6 Å². The molecule has 0 heterocycles. The summed E-state index contributed by atoms with van der Waals surface area (Å²) in [6.45, 7) is 5.78. The third-order valence-corrected chi connectivity index (χ3v) is 6.65. The predicted molar refractivity (Wildman–Crippen MR) is 90.4 cm³/mol. The molecule has 0 saturated heterocycles. The first-order valence-electron chi connectivity index (χ1n) is 9.59. The Morgan fingerprint density at radius 2 is 1.52 bits per heavy atom. The minimum Gasteiger partial charge on any atom is -0.396 e. The van der Waals surface area contributed by atoms with Crippen LogP contribution in [0.15, 0.2) is 0 Å². The minimum absolute atomic E-state index is 0.106. The van der Waals surface area contributed by atoms with Crippen molar-refractivity contribution in [2.24, 2.45) is 17.3 Å². The Bertz CT molecular complexity index is 273. The van der Waals surface area contributed by atoms with E-state index >= 15 is 0 Å². The normalized spacial score (nSPS) is 28.7. The van der Waals surface area contributed by atoms with Gasteiger partial charge < -0.3 is 10.4 Å². The summed E-state index contributed by atoms with van der Waals surface area (Å²) in [6.07, 6.45) is 15.1. The van der Waals surface area contributed by atoms with Gasteiger partial charge in [-0.1, -0.05) is 58.8 Å². The molecule has 2 atom stereocenters. The van der Waals surface area contributed by atoms with Gasteiger partial charge in [0.1, 0.15) is 0 Å². The zero-order valence-corrected chi connectivity index (χ0v) is 14.4. The van der Waals surface area contributed by atoms with Crippen molar-refractivity contribution in [3.63, 3.8) is 0 Å². The first-order chi connectivity index (χ1) is 10.2. The van der Waals surface area contributed by atoms with Gasteiger partial charge in [-0.15, -0.1) is 0 Å². The Morgan fingerprint density at radius 3 is 2.14 bits per heavy atom. The van der Waals surface area contributed by atoms with Gasteiger partial charge in [0.2, 0.25) is 0 Å². The molecule has 2 rings (SSSR count). The zero-order valence-electron chi connectivity index (χ0n) is 14.4. The summed E-state index contributed by atoms with van der Waals surface area (Å²) in [5, 5.41) is 13.7. The maximum absolute atomic E-state index is 9.78. The van der Waals surface area contributed by atoms with Crippen LogP contribution in [0.1, 0.15) is 84.5 Å². The zero-order chi connectivity index (χ0) is 15.1. The Hall–Kier alpha value is -0.0800. The molecule has 0 amide bonds. The maximum atomic E-state index is 9.78. The molecule has 2 nitrogen and oxygen atoms in total. The second-order valence-electron chi connectivity index (χ2n) is 7.70. The SMILES string of the molecule is CCC(CC)(CO)CNC1CCCCC1C1CCCCC1. The van der Waals surface area contributed by atoms with E-state index in [1.54, 1.807) is 0 Å². The molecule has 124 valence electrons. The summed E-state index contributed by atoms with van der Waals surface area (Å²) < 4.78 is 0. The number of hydrogen-bond acceptors (Lipinski definition) is 2. The van der Waals surface area contributed by atoms with E-state index in [2.05, 4.69) is 19.2 Å². The molecule has 2 unspecified atom stereocenters. The molecule has 2 aliphatic rings. The standard InChI is InChI=1S/C19H37NO/c1-3-19(4-2,15-21)14-20-18-13-9-8-12-17(18)16-10-6-5-7-11-16/h16-18,20-21H,3-15H2,1-2H3. The van der Waals surface area contributed by atoms with E-state index in [1.807, 2.05) is 0 Å². The van der Waals surface area contributed by atoms with E-state index in [0.717, 1.165) is 31.2 Å². The quantitative estimate of drug-likeness (QED) is 0.724. The molecule has 2 fully saturated rings. The van der Waals surface area contributed by atoms with Gasteiger partial charge in [-0.3, -0.25) is 0 Å². The molecular formula is C19H37NO. The fraction of sp³-hybridized carbons (Fsp3) is 1.00. The van der Waals surface area contributed by atoms with Crippen LogP contribution in [0.5, 0.6) is 0 Å². The van der Waals surface area contributed by atoms with Gasteiger partial charge in [-0.25, -0.2) is 0 Å². The van der Waals surface area contributed by atoms with Crippen LogP contribution in [0.2, 0.25) is 0 Å². The summed E-state index contributed by atoms with van der Waals surface area (Å²) in [7, 11) is 0. The highest BCUT2D eigenvalue weighted by molar-refractivity contribution is 4.89. The Balaban J connectivity index is 1.92. The van der Waals surface area contributed by atoms with Gasteiger partial charge in [-0.2, -0.15) is 0 Å². The van der Waals surface area contributed by atoms with Crippen LogP contribution >= 0.6 is 0 Å². The lowest BCUT2D eigenvalue weighted by Crippen LogP contribution is -2.47. The highest BCUT2D eigenvalue weighted by Gasteiger charge is 2.34. The van der Waals surface area contributed by atoms with Crippen molar-refractivity contribution in [2.75, 3.05) is 13.2 Å². The second-order valence-corrected chi connectivity index (χ2v) is 7.70. The number of aliphatic hydroxyl groups excluding tert-OH is 1. The molecule has 2 saturated carbocycles. The molecule has 2 heteroatoms. The van der Waals surface area contributed by atoms with Gasteiger partial charge in [0, 0.05) is 24.6 Å². The second kappa shape index (κ2) is 8.53. The first-order valence-corrected chi connectivity index (χ1v) is 9.59. The molecule has 0 bridgehead atoms. The van der Waals surface area contributed by atoms with Crippen LogP contribution in [0, 0.1) is 17.3 Å². The van der Waals surface area contributed by atoms with E-state index in [4.69, 9.17) is 0 Å². The fourth-order valence-corrected chi connectivity index (χ4v) is 4.67. The lowest BCUT2D eigenvalue weighted by molar-refractivity contribution is 0.0902. The number of nitrogens with one attached hydrogen (secondary N) is 1. The third kappa shape index (κ3) is 4.45. The Morgan fingerprint density at radius 1 is 0.905 bits per heavy atom. The van der Waals surface area contributed by atoms with Crippen LogP contribution in [0.3, 0.4) is 0 Å². The maximum Gasteiger partial charge on any atom is 0.0499 e. The van der Waals surface area contributed by atoms with E-state index in [-0.39, 0.29) is 5.41 Å². The molecule has 0 aliphatic heterocycles. The highest BCUT2D eigenvalue weighted by Crippen LogP contribution is 2.38. The molecule has 0 spiro atoms. The summed E-state index contributed by atoms with van der Waals surface area (Å²) in [6, 6.07) is 0.714. The average molecular weight is 296 g/mol. The molecule has 0 aromatic rings. The third-order valence-electron chi connectivity index (χ3n) is 6.65. The molecule has 0 radical (unpaired) electrons. The fourth-order valence-electron chi connectivity index (χ4n) is 4.67. The largest absolute Gasteiger partial charge is 0.396 e. The number of hydrogen-bond donors (Lipinski definition) is 2.